The van der Waals surface area contributed by atoms with E-state index in [2.05, 4.69) is 33.3 Å². The predicted octanol–water partition coefficient (Wildman–Crippen LogP) is 4.71. The number of benzene rings is 2. The number of aryl methyl sites for hydroxylation is 2. The Labute approximate surface area is 191 Å². The van der Waals surface area contributed by atoms with Crippen LogP contribution in [0, 0.1) is 6.92 Å². The second-order valence-corrected chi connectivity index (χ2v) is 8.19. The number of aliphatic imine (C=N–C) groups is 1. The van der Waals surface area contributed by atoms with Gasteiger partial charge in [0.2, 0.25) is 0 Å². The highest BCUT2D eigenvalue weighted by molar-refractivity contribution is 7.14. The van der Waals surface area contributed by atoms with Gasteiger partial charge in [0, 0.05) is 29.9 Å². The first kappa shape index (κ1) is 21.6. The minimum atomic E-state index is 0.353. The summed E-state index contributed by atoms with van der Waals surface area (Å²) in [7, 11) is 0. The van der Waals surface area contributed by atoms with Crippen LogP contribution >= 0.6 is 11.3 Å². The maximum atomic E-state index is 6.02. The van der Waals surface area contributed by atoms with E-state index in [1.54, 1.807) is 6.20 Å². The molecular formula is C24H26N6OS. The van der Waals surface area contributed by atoms with Crippen LogP contribution in [0.3, 0.4) is 0 Å². The number of hydrogen-bond donors (Lipinski definition) is 2. The standard InChI is InChI=1S/C24H26N6OS/c1-18-14-20(31-13-5-11-30-12-10-26-17-30)8-9-21(18)22-16-32-24(28-22)29-23(25)27-15-19-6-3-2-4-7-19/h2-4,6-10,12,14,16-17H,5,11,13,15H2,1H3,(H3,25,27,28,29). The van der Waals surface area contributed by atoms with Gasteiger partial charge in [-0.05, 0) is 42.7 Å². The molecule has 0 bridgehead atoms. The van der Waals surface area contributed by atoms with Crippen LogP contribution in [0.4, 0.5) is 5.13 Å². The molecule has 0 unspecified atom stereocenters. The maximum Gasteiger partial charge on any atom is 0.195 e. The molecule has 0 aliphatic carbocycles. The first-order chi connectivity index (χ1) is 15.7. The van der Waals surface area contributed by atoms with Crippen LogP contribution < -0.4 is 15.8 Å². The Morgan fingerprint density at radius 2 is 2.09 bits per heavy atom. The molecule has 2 heterocycles. The SMILES string of the molecule is Cc1cc(OCCCn2ccnc2)ccc1-c1csc(NC(N)=NCc2ccccc2)n1. The Hall–Kier alpha value is -3.65. The number of nitrogens with one attached hydrogen (secondary N) is 1. The van der Waals surface area contributed by atoms with Gasteiger partial charge in [-0.2, -0.15) is 0 Å². The number of rotatable bonds is 9. The summed E-state index contributed by atoms with van der Waals surface area (Å²) in [5.41, 5.74) is 10.2. The van der Waals surface area contributed by atoms with Crippen molar-refractivity contribution in [2.45, 2.75) is 26.4 Å². The van der Waals surface area contributed by atoms with Crippen LogP contribution in [-0.4, -0.2) is 27.1 Å². The fourth-order valence-corrected chi connectivity index (χ4v) is 3.95. The molecule has 8 heteroatoms. The van der Waals surface area contributed by atoms with Crippen molar-refractivity contribution in [2.75, 3.05) is 11.9 Å². The Bertz CT molecular complexity index is 1150. The molecule has 3 N–H and O–H groups in total. The van der Waals surface area contributed by atoms with Crippen LogP contribution in [-0.2, 0) is 13.1 Å². The van der Waals surface area contributed by atoms with E-state index in [4.69, 9.17) is 10.5 Å². The molecule has 0 saturated carbocycles. The van der Waals surface area contributed by atoms with E-state index < -0.39 is 0 Å². The maximum absolute atomic E-state index is 6.02. The van der Waals surface area contributed by atoms with E-state index in [0.29, 0.717) is 24.2 Å². The number of nitrogens with two attached hydrogens (primary N) is 1. The van der Waals surface area contributed by atoms with Gasteiger partial charge in [-0.25, -0.2) is 15.0 Å². The molecule has 0 aliphatic heterocycles. The van der Waals surface area contributed by atoms with Gasteiger partial charge in [0.15, 0.2) is 11.1 Å². The average Bonchev–Trinajstić information content (AvgIpc) is 3.48. The summed E-state index contributed by atoms with van der Waals surface area (Å²) in [5, 5.41) is 5.81. The smallest absolute Gasteiger partial charge is 0.195 e. The second-order valence-electron chi connectivity index (χ2n) is 7.33. The molecular weight excluding hydrogens is 420 g/mol. The van der Waals surface area contributed by atoms with Gasteiger partial charge >= 0.3 is 0 Å². The summed E-state index contributed by atoms with van der Waals surface area (Å²) in [6, 6.07) is 16.1. The van der Waals surface area contributed by atoms with E-state index in [1.807, 2.05) is 64.9 Å². The Balaban J connectivity index is 1.31. The van der Waals surface area contributed by atoms with Crippen LogP contribution in [0.1, 0.15) is 17.5 Å². The largest absolute Gasteiger partial charge is 0.494 e. The zero-order chi connectivity index (χ0) is 22.2. The van der Waals surface area contributed by atoms with E-state index in [1.165, 1.54) is 11.3 Å². The molecule has 4 aromatic rings. The number of hydrogen-bond acceptors (Lipinski definition) is 5. The molecule has 164 valence electrons. The minimum absolute atomic E-state index is 0.353. The molecule has 0 amide bonds. The number of aromatic nitrogens is 3. The molecule has 0 radical (unpaired) electrons. The van der Waals surface area contributed by atoms with Gasteiger partial charge in [0.05, 0.1) is 25.2 Å². The molecule has 0 saturated heterocycles. The van der Waals surface area contributed by atoms with Crippen molar-refractivity contribution in [2.24, 2.45) is 10.7 Å². The number of ether oxygens (including phenoxy) is 1. The van der Waals surface area contributed by atoms with Gasteiger partial charge in [-0.15, -0.1) is 11.3 Å². The van der Waals surface area contributed by atoms with Crippen molar-refractivity contribution in [3.63, 3.8) is 0 Å². The summed E-state index contributed by atoms with van der Waals surface area (Å²) in [6.07, 6.45) is 6.48. The number of anilines is 1. The molecule has 4 rings (SSSR count). The third-order valence-electron chi connectivity index (χ3n) is 4.88. The third-order valence-corrected chi connectivity index (χ3v) is 5.63. The van der Waals surface area contributed by atoms with E-state index in [0.717, 1.165) is 41.1 Å². The van der Waals surface area contributed by atoms with Gasteiger partial charge in [-0.1, -0.05) is 30.3 Å². The number of guanidine groups is 1. The van der Waals surface area contributed by atoms with Crippen molar-refractivity contribution in [3.05, 3.63) is 83.8 Å². The van der Waals surface area contributed by atoms with Crippen LogP contribution in [0.25, 0.3) is 11.3 Å². The average molecular weight is 447 g/mol. The molecule has 0 atom stereocenters. The van der Waals surface area contributed by atoms with E-state index in [9.17, 15) is 0 Å². The van der Waals surface area contributed by atoms with Gasteiger partial charge in [0.25, 0.3) is 0 Å². The topological polar surface area (TPSA) is 90.3 Å². The highest BCUT2D eigenvalue weighted by atomic mass is 32.1. The number of imidazole rings is 1. The van der Waals surface area contributed by atoms with Crippen molar-refractivity contribution >= 4 is 22.4 Å². The summed E-state index contributed by atoms with van der Waals surface area (Å²) in [5.74, 6) is 1.22. The summed E-state index contributed by atoms with van der Waals surface area (Å²) >= 11 is 1.50. The predicted molar refractivity (Wildman–Crippen MR) is 130 cm³/mol. The van der Waals surface area contributed by atoms with Gasteiger partial charge in [-0.3, -0.25) is 0 Å². The molecule has 0 aliphatic rings. The van der Waals surface area contributed by atoms with Crippen LogP contribution in [0.15, 0.2) is 77.6 Å². The first-order valence-corrected chi connectivity index (χ1v) is 11.3. The molecule has 0 fully saturated rings. The van der Waals surface area contributed by atoms with Gasteiger partial charge < -0.3 is 20.4 Å². The summed E-state index contributed by atoms with van der Waals surface area (Å²) in [4.78, 5) is 13.1. The quantitative estimate of drug-likeness (QED) is 0.221. The lowest BCUT2D eigenvalue weighted by Crippen LogP contribution is -2.22. The normalized spacial score (nSPS) is 11.5. The lowest BCUT2D eigenvalue weighted by molar-refractivity contribution is 0.301. The monoisotopic (exact) mass is 446 g/mol. The summed E-state index contributed by atoms with van der Waals surface area (Å²) in [6.45, 7) is 4.14. The second kappa shape index (κ2) is 10.6. The highest BCUT2D eigenvalue weighted by Crippen LogP contribution is 2.29. The summed E-state index contributed by atoms with van der Waals surface area (Å²) < 4.78 is 7.95. The van der Waals surface area contributed by atoms with E-state index in [-0.39, 0.29) is 0 Å². The number of nitrogens with zero attached hydrogens (tertiary/aromatic N) is 4. The molecule has 2 aromatic carbocycles. The molecule has 0 spiro atoms. The lowest BCUT2D eigenvalue weighted by Gasteiger charge is -2.09. The van der Waals surface area contributed by atoms with Crippen LogP contribution in [0.2, 0.25) is 0 Å². The molecule has 7 nitrogen and oxygen atoms in total. The zero-order valence-corrected chi connectivity index (χ0v) is 18.8. The first-order valence-electron chi connectivity index (χ1n) is 10.4. The fourth-order valence-electron chi connectivity index (χ4n) is 3.23. The van der Waals surface area contributed by atoms with E-state index >= 15 is 0 Å². The van der Waals surface area contributed by atoms with Crippen molar-refractivity contribution < 1.29 is 4.74 Å². The third kappa shape index (κ3) is 5.95. The van der Waals surface area contributed by atoms with Crippen molar-refractivity contribution in [3.8, 4) is 17.0 Å². The number of thiazole rings is 1. The van der Waals surface area contributed by atoms with Crippen molar-refractivity contribution in [1.82, 2.24) is 14.5 Å². The molecule has 32 heavy (non-hydrogen) atoms. The van der Waals surface area contributed by atoms with Gasteiger partial charge in [0.1, 0.15) is 5.75 Å². The highest BCUT2D eigenvalue weighted by Gasteiger charge is 2.09. The Kier molecular flexibility index (Phi) is 7.14. The molecule has 2 aromatic heterocycles. The zero-order valence-electron chi connectivity index (χ0n) is 17.9. The Morgan fingerprint density at radius 1 is 1.22 bits per heavy atom. The Morgan fingerprint density at radius 3 is 2.88 bits per heavy atom. The lowest BCUT2D eigenvalue weighted by atomic mass is 10.1. The minimum Gasteiger partial charge on any atom is -0.494 e. The fraction of sp³-hybridized carbons (Fsp3) is 0.208. The van der Waals surface area contributed by atoms with Crippen molar-refractivity contribution in [1.29, 1.82) is 0 Å². The van der Waals surface area contributed by atoms with Crippen LogP contribution in [0.5, 0.6) is 5.75 Å².